The van der Waals surface area contributed by atoms with Gasteiger partial charge >= 0.3 is 12.1 Å². The van der Waals surface area contributed by atoms with Crippen LogP contribution in [-0.4, -0.2) is 53.2 Å². The molecule has 0 radical (unpaired) electrons. The van der Waals surface area contributed by atoms with Crippen molar-refractivity contribution in [1.82, 2.24) is 15.2 Å². The van der Waals surface area contributed by atoms with Crippen molar-refractivity contribution in [2.24, 2.45) is 0 Å². The number of amides is 2. The topological polar surface area (TPSA) is 109 Å². The van der Waals surface area contributed by atoms with Crippen molar-refractivity contribution in [2.45, 2.75) is 25.3 Å². The smallest absolute Gasteiger partial charge is 0.407 e. The van der Waals surface area contributed by atoms with Crippen LogP contribution in [0, 0.1) is 0 Å². The van der Waals surface area contributed by atoms with Gasteiger partial charge in [-0.05, 0) is 28.7 Å². The molecule has 3 aromatic rings. The van der Waals surface area contributed by atoms with Gasteiger partial charge in [-0.25, -0.2) is 9.78 Å². The van der Waals surface area contributed by atoms with Gasteiger partial charge in [-0.3, -0.25) is 9.59 Å². The van der Waals surface area contributed by atoms with Gasteiger partial charge in [0.2, 0.25) is 0 Å². The standard InChI is InChI=1S/C25H25N3O5S/c1-28(12-6-11-23(29)30)24(31)21-13-26-22(34-21)14-27-25(32)33-15-20-18-9-4-2-7-16(18)17-8-3-5-10-19(17)20/h2-5,7-10,13,20H,6,11-12,14-15H2,1H3,(H,27,32)(H,29,30). The fraction of sp³-hybridized carbons (Fsp3) is 0.280. The molecule has 0 spiro atoms. The van der Waals surface area contributed by atoms with E-state index in [1.54, 1.807) is 7.05 Å². The summed E-state index contributed by atoms with van der Waals surface area (Å²) in [5.74, 6) is -1.13. The maximum atomic E-state index is 12.5. The Morgan fingerprint density at radius 3 is 2.38 bits per heavy atom. The molecule has 0 unspecified atom stereocenters. The summed E-state index contributed by atoms with van der Waals surface area (Å²) in [5.41, 5.74) is 4.62. The fourth-order valence-corrected chi connectivity index (χ4v) is 4.90. The van der Waals surface area contributed by atoms with Crippen LogP contribution >= 0.6 is 11.3 Å². The van der Waals surface area contributed by atoms with Crippen molar-refractivity contribution in [3.63, 3.8) is 0 Å². The highest BCUT2D eigenvalue weighted by Crippen LogP contribution is 2.44. The molecule has 1 heterocycles. The van der Waals surface area contributed by atoms with Crippen molar-refractivity contribution in [3.05, 3.63) is 75.7 Å². The highest BCUT2D eigenvalue weighted by Gasteiger charge is 2.29. The van der Waals surface area contributed by atoms with E-state index in [2.05, 4.69) is 34.6 Å². The summed E-state index contributed by atoms with van der Waals surface area (Å²) < 4.78 is 5.52. The van der Waals surface area contributed by atoms with Crippen LogP contribution in [0.5, 0.6) is 0 Å². The van der Waals surface area contributed by atoms with E-state index < -0.39 is 12.1 Å². The number of aliphatic carboxylic acids is 1. The van der Waals surface area contributed by atoms with Crippen LogP contribution in [0.4, 0.5) is 4.79 Å². The van der Waals surface area contributed by atoms with Crippen LogP contribution in [0.2, 0.25) is 0 Å². The molecule has 4 rings (SSSR count). The minimum Gasteiger partial charge on any atom is -0.481 e. The highest BCUT2D eigenvalue weighted by atomic mass is 32.1. The summed E-state index contributed by atoms with van der Waals surface area (Å²) in [6.45, 7) is 0.719. The number of thiazole rings is 1. The average Bonchev–Trinajstić information content (AvgIpc) is 3.43. The molecule has 1 aromatic heterocycles. The molecule has 2 aromatic carbocycles. The van der Waals surface area contributed by atoms with Gasteiger partial charge in [0.15, 0.2) is 0 Å². The van der Waals surface area contributed by atoms with E-state index in [9.17, 15) is 14.4 Å². The third kappa shape index (κ3) is 5.26. The maximum Gasteiger partial charge on any atom is 0.407 e. The van der Waals surface area contributed by atoms with Crippen LogP contribution in [-0.2, 0) is 16.1 Å². The molecule has 176 valence electrons. The number of benzene rings is 2. The van der Waals surface area contributed by atoms with E-state index in [-0.39, 0.29) is 31.4 Å². The summed E-state index contributed by atoms with van der Waals surface area (Å²) in [7, 11) is 1.62. The summed E-state index contributed by atoms with van der Waals surface area (Å²) in [6, 6.07) is 16.3. The lowest BCUT2D eigenvalue weighted by molar-refractivity contribution is -0.137. The van der Waals surface area contributed by atoms with Crippen molar-refractivity contribution >= 4 is 29.3 Å². The molecular formula is C25H25N3O5S. The van der Waals surface area contributed by atoms with Crippen LogP contribution in [0.1, 0.15) is 44.6 Å². The molecule has 0 saturated carbocycles. The van der Waals surface area contributed by atoms with Gasteiger partial charge < -0.3 is 20.1 Å². The molecule has 0 bridgehead atoms. The normalized spacial score (nSPS) is 12.0. The second kappa shape index (κ2) is 10.5. The Balaban J connectivity index is 1.28. The molecule has 0 atom stereocenters. The van der Waals surface area contributed by atoms with E-state index in [4.69, 9.17) is 9.84 Å². The van der Waals surface area contributed by atoms with Gasteiger partial charge in [0.05, 0.1) is 12.7 Å². The maximum absolute atomic E-state index is 12.5. The Hall–Kier alpha value is -3.72. The van der Waals surface area contributed by atoms with E-state index in [1.807, 2.05) is 24.3 Å². The number of fused-ring (bicyclic) bond motifs is 3. The van der Waals surface area contributed by atoms with E-state index >= 15 is 0 Å². The molecule has 0 saturated heterocycles. The molecule has 2 N–H and O–H groups in total. The number of carboxylic acid groups (broad SMARTS) is 1. The molecule has 0 aliphatic heterocycles. The summed E-state index contributed by atoms with van der Waals surface area (Å²) >= 11 is 1.19. The molecule has 1 aliphatic rings. The number of carboxylic acids is 1. The molecule has 0 fully saturated rings. The van der Waals surface area contributed by atoms with Crippen molar-refractivity contribution < 1.29 is 24.2 Å². The predicted octanol–water partition coefficient (Wildman–Crippen LogP) is 4.12. The zero-order chi connectivity index (χ0) is 24.1. The Morgan fingerprint density at radius 2 is 1.74 bits per heavy atom. The molecule has 2 amide bonds. The van der Waals surface area contributed by atoms with Crippen LogP contribution in [0.25, 0.3) is 11.1 Å². The van der Waals surface area contributed by atoms with Crippen LogP contribution < -0.4 is 5.32 Å². The Labute approximate surface area is 201 Å². The van der Waals surface area contributed by atoms with Crippen molar-refractivity contribution in [2.75, 3.05) is 20.2 Å². The first-order chi connectivity index (χ1) is 16.4. The zero-order valence-electron chi connectivity index (χ0n) is 18.7. The number of ether oxygens (including phenoxy) is 1. The molecule has 9 heteroatoms. The SMILES string of the molecule is CN(CCCC(=O)O)C(=O)c1cnc(CNC(=O)OCC2c3ccccc3-c3ccccc32)s1. The first-order valence-electron chi connectivity index (χ1n) is 10.9. The lowest BCUT2D eigenvalue weighted by Crippen LogP contribution is -2.27. The van der Waals surface area contributed by atoms with Gasteiger partial charge in [0.1, 0.15) is 16.5 Å². The van der Waals surface area contributed by atoms with Crippen molar-refractivity contribution in [1.29, 1.82) is 0 Å². The van der Waals surface area contributed by atoms with E-state index in [0.717, 1.165) is 11.1 Å². The number of hydrogen-bond acceptors (Lipinski definition) is 6. The molecule has 1 aliphatic carbocycles. The van der Waals surface area contributed by atoms with Gasteiger partial charge in [0, 0.05) is 25.9 Å². The number of aromatic nitrogens is 1. The van der Waals surface area contributed by atoms with Crippen molar-refractivity contribution in [3.8, 4) is 11.1 Å². The minimum atomic E-state index is -0.889. The Morgan fingerprint density at radius 1 is 1.09 bits per heavy atom. The van der Waals surface area contributed by atoms with Gasteiger partial charge in [-0.1, -0.05) is 48.5 Å². The summed E-state index contributed by atoms with van der Waals surface area (Å²) in [6.07, 6.45) is 1.31. The largest absolute Gasteiger partial charge is 0.481 e. The quantitative estimate of drug-likeness (QED) is 0.478. The molecule has 34 heavy (non-hydrogen) atoms. The average molecular weight is 480 g/mol. The second-order valence-electron chi connectivity index (χ2n) is 8.02. The third-order valence-electron chi connectivity index (χ3n) is 5.72. The number of nitrogens with zero attached hydrogens (tertiary/aromatic N) is 2. The molecular weight excluding hydrogens is 454 g/mol. The fourth-order valence-electron chi connectivity index (χ4n) is 4.05. The number of carbonyl (C=O) groups is 3. The number of alkyl carbamates (subject to hydrolysis) is 1. The van der Waals surface area contributed by atoms with Gasteiger partial charge in [-0.15, -0.1) is 11.3 Å². The number of nitrogens with one attached hydrogen (secondary N) is 1. The van der Waals surface area contributed by atoms with Crippen LogP contribution in [0.15, 0.2) is 54.7 Å². The van der Waals surface area contributed by atoms with Crippen LogP contribution in [0.3, 0.4) is 0 Å². The number of rotatable bonds is 9. The Bertz CT molecular complexity index is 1160. The lowest BCUT2D eigenvalue weighted by atomic mass is 9.98. The monoisotopic (exact) mass is 479 g/mol. The zero-order valence-corrected chi connectivity index (χ0v) is 19.5. The first kappa shape index (κ1) is 23.4. The van der Waals surface area contributed by atoms with E-state index in [1.165, 1.54) is 33.6 Å². The number of carbonyl (C=O) groups excluding carboxylic acids is 2. The molecule has 8 nitrogen and oxygen atoms in total. The Kier molecular flexibility index (Phi) is 7.22. The summed E-state index contributed by atoms with van der Waals surface area (Å²) in [5, 5.41) is 12.0. The van der Waals surface area contributed by atoms with Gasteiger partial charge in [-0.2, -0.15) is 0 Å². The minimum absolute atomic E-state index is 0.00954. The predicted molar refractivity (Wildman–Crippen MR) is 128 cm³/mol. The first-order valence-corrected chi connectivity index (χ1v) is 11.8. The lowest BCUT2D eigenvalue weighted by Gasteiger charge is -2.15. The van der Waals surface area contributed by atoms with E-state index in [0.29, 0.717) is 22.9 Å². The third-order valence-corrected chi connectivity index (χ3v) is 6.71. The highest BCUT2D eigenvalue weighted by molar-refractivity contribution is 7.13. The number of hydrogen-bond donors (Lipinski definition) is 2. The second-order valence-corrected chi connectivity index (χ2v) is 9.14. The van der Waals surface area contributed by atoms with Gasteiger partial charge in [0.25, 0.3) is 5.91 Å². The summed E-state index contributed by atoms with van der Waals surface area (Å²) in [4.78, 5) is 41.5.